The Morgan fingerprint density at radius 2 is 1.81 bits per heavy atom. The molecule has 0 fully saturated rings. The topological polar surface area (TPSA) is 80.4 Å². The standard InChI is InChI=1S/C10H23NO3S2/c1-3-4-5-6-7-8-9(15)10(2,11)16(12,13)14/h9,15H,3-8,11H2,1-2H3,(H,12,13,14). The Balaban J connectivity index is 4.02. The van der Waals surface area contributed by atoms with Gasteiger partial charge >= 0.3 is 0 Å². The summed E-state index contributed by atoms with van der Waals surface area (Å²) in [7, 11) is -4.25. The van der Waals surface area contributed by atoms with E-state index in [2.05, 4.69) is 19.6 Å². The van der Waals surface area contributed by atoms with Gasteiger partial charge in [-0.3, -0.25) is 4.55 Å². The van der Waals surface area contributed by atoms with Crippen LogP contribution in [0.1, 0.15) is 52.4 Å². The molecule has 98 valence electrons. The van der Waals surface area contributed by atoms with Crippen LogP contribution in [0.3, 0.4) is 0 Å². The second-order valence-electron chi connectivity index (χ2n) is 4.38. The van der Waals surface area contributed by atoms with E-state index in [0.29, 0.717) is 6.42 Å². The number of rotatable bonds is 8. The maximum absolute atomic E-state index is 11.0. The third kappa shape index (κ3) is 5.03. The second-order valence-corrected chi connectivity index (χ2v) is 6.83. The lowest BCUT2D eigenvalue weighted by Gasteiger charge is -2.27. The molecular formula is C10H23NO3S2. The van der Waals surface area contributed by atoms with Crippen molar-refractivity contribution in [3.63, 3.8) is 0 Å². The summed E-state index contributed by atoms with van der Waals surface area (Å²) >= 11 is 4.16. The van der Waals surface area contributed by atoms with Crippen molar-refractivity contribution in [2.45, 2.75) is 62.5 Å². The first-order chi connectivity index (χ1) is 7.23. The molecule has 0 spiro atoms. The number of hydrogen-bond donors (Lipinski definition) is 3. The zero-order chi connectivity index (χ0) is 12.8. The van der Waals surface area contributed by atoms with E-state index < -0.39 is 20.2 Å². The molecule has 0 aliphatic heterocycles. The number of nitrogens with two attached hydrogens (primary N) is 1. The molecule has 0 heterocycles. The Hall–Kier alpha value is 0.220. The van der Waals surface area contributed by atoms with Crippen LogP contribution in [0.25, 0.3) is 0 Å². The first-order valence-electron chi connectivity index (χ1n) is 5.67. The molecule has 0 aliphatic rings. The van der Waals surface area contributed by atoms with E-state index in [1.165, 1.54) is 19.8 Å². The van der Waals surface area contributed by atoms with Crippen LogP contribution in [0.4, 0.5) is 0 Å². The van der Waals surface area contributed by atoms with Crippen LogP contribution >= 0.6 is 12.6 Å². The summed E-state index contributed by atoms with van der Waals surface area (Å²) in [5.41, 5.74) is 5.56. The summed E-state index contributed by atoms with van der Waals surface area (Å²) < 4.78 is 31.0. The van der Waals surface area contributed by atoms with Gasteiger partial charge in [0.15, 0.2) is 4.87 Å². The maximum Gasteiger partial charge on any atom is 0.284 e. The van der Waals surface area contributed by atoms with Crippen molar-refractivity contribution in [1.29, 1.82) is 0 Å². The van der Waals surface area contributed by atoms with Crippen LogP contribution < -0.4 is 5.73 Å². The molecule has 16 heavy (non-hydrogen) atoms. The molecule has 0 radical (unpaired) electrons. The summed E-state index contributed by atoms with van der Waals surface area (Å²) in [6.45, 7) is 3.43. The van der Waals surface area contributed by atoms with Gasteiger partial charge in [0.1, 0.15) is 0 Å². The van der Waals surface area contributed by atoms with Crippen LogP contribution in [-0.2, 0) is 10.1 Å². The largest absolute Gasteiger partial charge is 0.310 e. The fourth-order valence-corrected chi connectivity index (χ4v) is 2.44. The lowest BCUT2D eigenvalue weighted by Crippen LogP contribution is -2.52. The molecule has 4 nitrogen and oxygen atoms in total. The molecule has 0 aromatic rings. The van der Waals surface area contributed by atoms with Gasteiger partial charge in [-0.25, -0.2) is 0 Å². The number of hydrogen-bond acceptors (Lipinski definition) is 4. The molecule has 0 aromatic heterocycles. The van der Waals surface area contributed by atoms with E-state index >= 15 is 0 Å². The fourth-order valence-electron chi connectivity index (χ4n) is 1.40. The zero-order valence-electron chi connectivity index (χ0n) is 10.0. The van der Waals surface area contributed by atoms with Crippen LogP contribution in [0.15, 0.2) is 0 Å². The van der Waals surface area contributed by atoms with E-state index in [4.69, 9.17) is 10.3 Å². The maximum atomic E-state index is 11.0. The van der Waals surface area contributed by atoms with Crippen LogP contribution in [0.5, 0.6) is 0 Å². The van der Waals surface area contributed by atoms with Gasteiger partial charge in [0.25, 0.3) is 10.1 Å². The highest BCUT2D eigenvalue weighted by Gasteiger charge is 2.39. The smallest absolute Gasteiger partial charge is 0.284 e. The average molecular weight is 269 g/mol. The molecule has 2 atom stereocenters. The summed E-state index contributed by atoms with van der Waals surface area (Å²) in [4.78, 5) is -1.67. The first-order valence-corrected chi connectivity index (χ1v) is 7.63. The lowest BCUT2D eigenvalue weighted by molar-refractivity contribution is 0.420. The molecule has 3 N–H and O–H groups in total. The van der Waals surface area contributed by atoms with Crippen molar-refractivity contribution in [2.75, 3.05) is 0 Å². The van der Waals surface area contributed by atoms with Gasteiger partial charge in [0.2, 0.25) is 0 Å². The van der Waals surface area contributed by atoms with Crippen molar-refractivity contribution < 1.29 is 13.0 Å². The zero-order valence-corrected chi connectivity index (χ0v) is 11.7. The van der Waals surface area contributed by atoms with Crippen LogP contribution in [0, 0.1) is 0 Å². The lowest BCUT2D eigenvalue weighted by atomic mass is 10.1. The molecule has 0 saturated carbocycles. The molecule has 0 rings (SSSR count). The summed E-state index contributed by atoms with van der Waals surface area (Å²) in [5.74, 6) is 0. The van der Waals surface area contributed by atoms with Gasteiger partial charge in [-0.05, 0) is 13.3 Å². The summed E-state index contributed by atoms with van der Waals surface area (Å²) in [6.07, 6.45) is 6.03. The number of unbranched alkanes of at least 4 members (excludes halogenated alkanes) is 4. The minimum atomic E-state index is -4.25. The quantitative estimate of drug-likeness (QED) is 0.358. The van der Waals surface area contributed by atoms with Crippen molar-refractivity contribution in [1.82, 2.24) is 0 Å². The Morgan fingerprint density at radius 1 is 1.31 bits per heavy atom. The number of thiol groups is 1. The third-order valence-corrected chi connectivity index (χ3v) is 5.16. The Kier molecular flexibility index (Phi) is 6.93. The fraction of sp³-hybridized carbons (Fsp3) is 1.00. The molecule has 0 bridgehead atoms. The Bertz CT molecular complexity index is 288. The minimum Gasteiger partial charge on any atom is -0.310 e. The molecule has 6 heteroatoms. The normalized spacial score (nSPS) is 18.1. The highest BCUT2D eigenvalue weighted by molar-refractivity contribution is 7.89. The second kappa shape index (κ2) is 6.83. The molecular weight excluding hydrogens is 246 g/mol. The molecule has 0 aliphatic carbocycles. The van der Waals surface area contributed by atoms with Crippen molar-refractivity contribution in [3.8, 4) is 0 Å². The van der Waals surface area contributed by atoms with Crippen LogP contribution in [-0.4, -0.2) is 23.1 Å². The van der Waals surface area contributed by atoms with Gasteiger partial charge in [0.05, 0.1) is 0 Å². The average Bonchev–Trinajstić information content (AvgIpc) is 2.15. The van der Waals surface area contributed by atoms with E-state index in [-0.39, 0.29) is 0 Å². The molecule has 0 aromatic carbocycles. The molecule has 0 amide bonds. The van der Waals surface area contributed by atoms with Gasteiger partial charge in [-0.2, -0.15) is 21.0 Å². The van der Waals surface area contributed by atoms with Crippen molar-refractivity contribution in [3.05, 3.63) is 0 Å². The highest BCUT2D eigenvalue weighted by atomic mass is 32.2. The Morgan fingerprint density at radius 3 is 2.25 bits per heavy atom. The predicted molar refractivity (Wildman–Crippen MR) is 70.3 cm³/mol. The van der Waals surface area contributed by atoms with Crippen LogP contribution in [0.2, 0.25) is 0 Å². The van der Waals surface area contributed by atoms with E-state index in [1.807, 2.05) is 0 Å². The van der Waals surface area contributed by atoms with E-state index in [0.717, 1.165) is 19.3 Å². The first kappa shape index (κ1) is 16.2. The molecule has 2 unspecified atom stereocenters. The third-order valence-electron chi connectivity index (χ3n) is 2.80. The van der Waals surface area contributed by atoms with E-state index in [9.17, 15) is 8.42 Å². The highest BCUT2D eigenvalue weighted by Crippen LogP contribution is 2.23. The molecule has 0 saturated heterocycles. The summed E-state index contributed by atoms with van der Waals surface area (Å²) in [6, 6.07) is 0. The minimum absolute atomic E-state index is 0.538. The van der Waals surface area contributed by atoms with Gasteiger partial charge in [-0.15, -0.1) is 0 Å². The summed E-state index contributed by atoms with van der Waals surface area (Å²) in [5, 5.41) is -0.538. The Labute approximate surface area is 104 Å². The van der Waals surface area contributed by atoms with Gasteiger partial charge < -0.3 is 5.73 Å². The monoisotopic (exact) mass is 269 g/mol. The SMILES string of the molecule is CCCCCCCC(S)C(C)(N)S(=O)(=O)O. The van der Waals surface area contributed by atoms with Gasteiger partial charge in [0, 0.05) is 5.25 Å². The van der Waals surface area contributed by atoms with Gasteiger partial charge in [-0.1, -0.05) is 39.0 Å². The van der Waals surface area contributed by atoms with Crippen molar-refractivity contribution >= 4 is 22.7 Å². The van der Waals surface area contributed by atoms with E-state index in [1.54, 1.807) is 0 Å². The predicted octanol–water partition coefficient (Wildman–Crippen LogP) is 2.21. The van der Waals surface area contributed by atoms with Crippen molar-refractivity contribution in [2.24, 2.45) is 5.73 Å².